The molecule has 0 spiro atoms. The van der Waals surface area contributed by atoms with Crippen LogP contribution in [0.1, 0.15) is 26.5 Å². The topological polar surface area (TPSA) is 126 Å². The minimum atomic E-state index is -5.28. The summed E-state index contributed by atoms with van der Waals surface area (Å²) < 4.78 is 120. The summed E-state index contributed by atoms with van der Waals surface area (Å²) in [6, 6.07) is 1.87. The van der Waals surface area contributed by atoms with Gasteiger partial charge in [0.05, 0.1) is 30.8 Å². The summed E-state index contributed by atoms with van der Waals surface area (Å²) >= 11 is 0. The van der Waals surface area contributed by atoms with Gasteiger partial charge in [-0.05, 0) is 24.3 Å². The molecule has 38 heavy (non-hydrogen) atoms. The summed E-state index contributed by atoms with van der Waals surface area (Å²) in [5.41, 5.74) is 1.46. The van der Waals surface area contributed by atoms with E-state index in [1.54, 1.807) is 0 Å². The molecule has 9 nitrogen and oxygen atoms in total. The number of carbonyl (C=O) groups excluding carboxylic acids is 2. The third-order valence-electron chi connectivity index (χ3n) is 4.44. The first-order chi connectivity index (χ1) is 17.6. The molecule has 0 saturated heterocycles. The van der Waals surface area contributed by atoms with Gasteiger partial charge in [0.1, 0.15) is 11.3 Å². The van der Waals surface area contributed by atoms with E-state index in [9.17, 15) is 44.7 Å². The highest BCUT2D eigenvalue weighted by atomic mass is 19.4. The number of hydrogen-bond donors (Lipinski definition) is 2. The second-order valence-corrected chi connectivity index (χ2v) is 6.97. The first kappa shape index (κ1) is 27.9. The Morgan fingerprint density at radius 1 is 0.895 bits per heavy atom. The lowest BCUT2D eigenvalue weighted by atomic mass is 10.1. The smallest absolute Gasteiger partial charge is 0.490 e. The van der Waals surface area contributed by atoms with Crippen LogP contribution < -0.4 is 25.3 Å². The predicted octanol–water partition coefficient (Wildman–Crippen LogP) is 4.82. The molecular formula is C21H12F8N4O5. The Kier molecular flexibility index (Phi) is 7.59. The number of methoxy groups -OCH3 is 1. The van der Waals surface area contributed by atoms with Crippen molar-refractivity contribution in [3.63, 3.8) is 0 Å². The van der Waals surface area contributed by atoms with E-state index in [1.165, 1.54) is 0 Å². The number of aromatic nitrogens is 2. The molecule has 0 aliphatic heterocycles. The van der Waals surface area contributed by atoms with Crippen molar-refractivity contribution in [2.24, 2.45) is 5.73 Å². The minimum absolute atomic E-state index is 0.218. The zero-order valence-electron chi connectivity index (χ0n) is 18.5. The monoisotopic (exact) mass is 552 g/mol. The van der Waals surface area contributed by atoms with E-state index >= 15 is 0 Å². The number of hydrogen-bond acceptors (Lipinski definition) is 7. The molecule has 2 amide bonds. The number of carbonyl (C=O) groups is 2. The third-order valence-corrected chi connectivity index (χ3v) is 4.44. The molecule has 1 heterocycles. The lowest BCUT2D eigenvalue weighted by Gasteiger charge is -2.18. The SMILES string of the molecule is COc1c(Oc2ccc(C(F)(F)F)c(F)c2C(=O)Nc2cnc(C(N)=O)nc2)ccc(OC(F)(F)F)c1F. The first-order valence-electron chi connectivity index (χ1n) is 9.75. The number of ether oxygens (including phenoxy) is 3. The van der Waals surface area contributed by atoms with E-state index in [-0.39, 0.29) is 11.8 Å². The maximum atomic E-state index is 15.0. The molecule has 0 aliphatic carbocycles. The van der Waals surface area contributed by atoms with Crippen molar-refractivity contribution in [1.82, 2.24) is 9.97 Å². The number of halogens is 8. The van der Waals surface area contributed by atoms with Gasteiger partial charge in [0.25, 0.3) is 11.8 Å². The van der Waals surface area contributed by atoms with Gasteiger partial charge in [-0.15, -0.1) is 13.2 Å². The molecule has 0 unspecified atom stereocenters. The van der Waals surface area contributed by atoms with Crippen molar-refractivity contribution >= 4 is 17.5 Å². The van der Waals surface area contributed by atoms with Gasteiger partial charge in [-0.2, -0.15) is 17.6 Å². The van der Waals surface area contributed by atoms with Crippen LogP contribution in [0.25, 0.3) is 0 Å². The summed E-state index contributed by atoms with van der Waals surface area (Å²) in [6.45, 7) is 0. The fourth-order valence-corrected chi connectivity index (χ4v) is 2.90. The number of amides is 2. The molecule has 3 rings (SSSR count). The molecule has 17 heteroatoms. The number of nitrogens with two attached hydrogens (primary N) is 1. The molecule has 0 fully saturated rings. The number of nitrogens with one attached hydrogen (secondary N) is 1. The Hall–Kier alpha value is -4.70. The van der Waals surface area contributed by atoms with Crippen LogP contribution in [0.4, 0.5) is 40.8 Å². The van der Waals surface area contributed by atoms with Gasteiger partial charge in [0.2, 0.25) is 17.4 Å². The summed E-state index contributed by atoms with van der Waals surface area (Å²) in [4.78, 5) is 30.8. The number of nitrogens with zero attached hydrogens (tertiary/aromatic N) is 2. The Morgan fingerprint density at radius 3 is 2.00 bits per heavy atom. The van der Waals surface area contributed by atoms with Gasteiger partial charge in [-0.25, -0.2) is 14.4 Å². The first-order valence-corrected chi connectivity index (χ1v) is 9.75. The highest BCUT2D eigenvalue weighted by molar-refractivity contribution is 6.06. The van der Waals surface area contributed by atoms with Crippen LogP contribution in [-0.4, -0.2) is 35.3 Å². The molecule has 0 radical (unpaired) electrons. The second kappa shape index (κ2) is 10.3. The zero-order valence-corrected chi connectivity index (χ0v) is 18.5. The minimum Gasteiger partial charge on any atom is -0.490 e. The lowest BCUT2D eigenvalue weighted by molar-refractivity contribution is -0.275. The number of benzene rings is 2. The van der Waals surface area contributed by atoms with Crippen LogP contribution >= 0.6 is 0 Å². The summed E-state index contributed by atoms with van der Waals surface area (Å²) in [5.74, 6) is -10.8. The third kappa shape index (κ3) is 6.16. The van der Waals surface area contributed by atoms with Crippen LogP contribution in [0.3, 0.4) is 0 Å². The van der Waals surface area contributed by atoms with Crippen LogP contribution in [-0.2, 0) is 6.18 Å². The molecule has 0 aliphatic rings. The fourth-order valence-electron chi connectivity index (χ4n) is 2.90. The molecule has 3 N–H and O–H groups in total. The summed E-state index contributed by atoms with van der Waals surface area (Å²) in [7, 11) is 0.819. The summed E-state index contributed by atoms with van der Waals surface area (Å²) in [6.07, 6.45) is -8.86. The summed E-state index contributed by atoms with van der Waals surface area (Å²) in [5, 5.41) is 1.99. The lowest BCUT2D eigenvalue weighted by Crippen LogP contribution is -2.20. The second-order valence-electron chi connectivity index (χ2n) is 6.97. The highest BCUT2D eigenvalue weighted by Gasteiger charge is 2.38. The Balaban J connectivity index is 2.07. The van der Waals surface area contributed by atoms with Crippen molar-refractivity contribution in [3.8, 4) is 23.0 Å². The molecular weight excluding hydrogens is 540 g/mol. The Labute approximate surface area is 206 Å². The molecule has 202 valence electrons. The molecule has 1 aromatic heterocycles. The van der Waals surface area contributed by atoms with Crippen molar-refractivity contribution in [2.45, 2.75) is 12.5 Å². The number of primary amides is 1. The van der Waals surface area contributed by atoms with Gasteiger partial charge < -0.3 is 25.3 Å². The van der Waals surface area contributed by atoms with Gasteiger partial charge >= 0.3 is 12.5 Å². The number of alkyl halides is 6. The van der Waals surface area contributed by atoms with Gasteiger partial charge in [0, 0.05) is 0 Å². The van der Waals surface area contributed by atoms with Crippen LogP contribution in [0.5, 0.6) is 23.0 Å². The van der Waals surface area contributed by atoms with E-state index in [1.807, 2.05) is 5.32 Å². The fraction of sp³-hybridized carbons (Fsp3) is 0.143. The maximum Gasteiger partial charge on any atom is 0.573 e. The Morgan fingerprint density at radius 2 is 1.47 bits per heavy atom. The van der Waals surface area contributed by atoms with E-state index < -0.39 is 75.9 Å². The molecule has 0 saturated carbocycles. The maximum absolute atomic E-state index is 15.0. The van der Waals surface area contributed by atoms with Crippen LogP contribution in [0.2, 0.25) is 0 Å². The van der Waals surface area contributed by atoms with E-state index in [2.05, 4.69) is 19.4 Å². The largest absolute Gasteiger partial charge is 0.573 e. The standard InChI is InChI=1S/C21H12F8N4O5/c1-36-16-12(5-4-11(15(16)23)38-21(27,28)29)37-10-3-2-9(20(24,25)26)14(22)13(10)19(35)33-8-6-31-18(17(30)34)32-7-8/h2-7H,1H3,(H2,30,34)(H,33,35). The normalized spacial score (nSPS) is 11.6. The molecule has 0 bridgehead atoms. The number of rotatable bonds is 7. The molecule has 2 aromatic carbocycles. The van der Waals surface area contributed by atoms with Crippen LogP contribution in [0, 0.1) is 11.6 Å². The average Bonchev–Trinajstić information content (AvgIpc) is 2.80. The van der Waals surface area contributed by atoms with E-state index in [0.29, 0.717) is 18.2 Å². The van der Waals surface area contributed by atoms with E-state index in [0.717, 1.165) is 19.5 Å². The van der Waals surface area contributed by atoms with Gasteiger partial charge in [-0.3, -0.25) is 9.59 Å². The van der Waals surface area contributed by atoms with Crippen molar-refractivity contribution in [3.05, 3.63) is 65.2 Å². The van der Waals surface area contributed by atoms with Crippen molar-refractivity contribution < 1.29 is 58.9 Å². The predicted molar refractivity (Wildman–Crippen MR) is 110 cm³/mol. The average molecular weight is 552 g/mol. The van der Waals surface area contributed by atoms with Gasteiger partial charge in [0.15, 0.2) is 17.3 Å². The number of anilines is 1. The zero-order chi connectivity index (χ0) is 28.4. The van der Waals surface area contributed by atoms with Gasteiger partial charge in [-0.1, -0.05) is 0 Å². The quantitative estimate of drug-likeness (QED) is 0.403. The Bertz CT molecular complexity index is 1380. The molecule has 0 atom stereocenters. The highest BCUT2D eigenvalue weighted by Crippen LogP contribution is 2.42. The van der Waals surface area contributed by atoms with Crippen LogP contribution in [0.15, 0.2) is 36.7 Å². The van der Waals surface area contributed by atoms with E-state index in [4.69, 9.17) is 10.5 Å². The van der Waals surface area contributed by atoms with Crippen molar-refractivity contribution in [1.29, 1.82) is 0 Å². The van der Waals surface area contributed by atoms with Crippen molar-refractivity contribution in [2.75, 3.05) is 12.4 Å². The molecule has 3 aromatic rings.